The molecule has 10 nitrogen and oxygen atoms in total. The molecule has 4 aromatic heterocycles. The number of nitrogen functional groups attached to an aromatic ring is 1. The Balaban J connectivity index is 0.000000180. The number of carbonyl (C=O) groups is 1. The molecular weight excluding hydrogens is 595 g/mol. The van der Waals surface area contributed by atoms with E-state index in [0.29, 0.717) is 21.6 Å². The summed E-state index contributed by atoms with van der Waals surface area (Å²) in [5, 5.41) is 9.81. The quantitative estimate of drug-likeness (QED) is 0.141. The van der Waals surface area contributed by atoms with Gasteiger partial charge in [-0.15, -0.1) is 0 Å². The minimum atomic E-state index is -0.573. The van der Waals surface area contributed by atoms with E-state index in [9.17, 15) is 13.6 Å². The predicted molar refractivity (Wildman–Crippen MR) is 168 cm³/mol. The molecule has 0 saturated heterocycles. The van der Waals surface area contributed by atoms with Crippen molar-refractivity contribution in [1.29, 1.82) is 0 Å². The Labute approximate surface area is 253 Å². The number of hydrogen-bond donors (Lipinski definition) is 4. The van der Waals surface area contributed by atoms with Gasteiger partial charge in [0.25, 0.3) is 0 Å². The molecule has 14 heteroatoms. The molecule has 4 heterocycles. The molecule has 0 bridgehead atoms. The van der Waals surface area contributed by atoms with Crippen LogP contribution in [0, 0.1) is 11.8 Å². The number of thiazole rings is 2. The van der Waals surface area contributed by atoms with Crippen LogP contribution in [0.2, 0.25) is 0 Å². The Morgan fingerprint density at radius 3 is 2.16 bits per heavy atom. The highest BCUT2D eigenvalue weighted by atomic mass is 32.1. The summed E-state index contributed by atoms with van der Waals surface area (Å²) in [7, 11) is 0. The topological polar surface area (TPSA) is 140 Å². The Hall–Kier alpha value is -4.95. The number of halogens is 2. The van der Waals surface area contributed by atoms with Crippen LogP contribution < -0.4 is 21.7 Å². The summed E-state index contributed by atoms with van der Waals surface area (Å²) < 4.78 is 33.2. The molecule has 1 amide bonds. The summed E-state index contributed by atoms with van der Waals surface area (Å²) >= 11 is 2.75. The van der Waals surface area contributed by atoms with E-state index in [0.717, 1.165) is 38.0 Å². The number of nitrogens with zero attached hydrogens (tertiary/aromatic N) is 4. The van der Waals surface area contributed by atoms with Crippen LogP contribution in [0.3, 0.4) is 0 Å². The molecular formula is C29H26F2N8O2S2. The zero-order valence-corrected chi connectivity index (χ0v) is 24.8. The second kappa shape index (κ2) is 12.5. The lowest BCUT2D eigenvalue weighted by Crippen LogP contribution is -2.27. The number of nitrogens with one attached hydrogen (secondary N) is 3. The Kier molecular flexibility index (Phi) is 8.59. The van der Waals surface area contributed by atoms with Crippen molar-refractivity contribution >= 4 is 82.2 Å². The van der Waals surface area contributed by atoms with E-state index in [1.807, 2.05) is 36.4 Å². The number of carbonyl (C=O) groups excluding carboxylic acids is 1. The van der Waals surface area contributed by atoms with E-state index in [1.165, 1.54) is 47.2 Å². The van der Waals surface area contributed by atoms with Crippen molar-refractivity contribution in [2.45, 2.75) is 26.4 Å². The molecule has 2 aromatic carbocycles. The van der Waals surface area contributed by atoms with E-state index in [4.69, 9.17) is 10.5 Å². The highest BCUT2D eigenvalue weighted by Crippen LogP contribution is 2.30. The van der Waals surface area contributed by atoms with Crippen molar-refractivity contribution in [3.8, 4) is 0 Å². The van der Waals surface area contributed by atoms with Gasteiger partial charge >= 0.3 is 6.09 Å². The van der Waals surface area contributed by atoms with E-state index in [1.54, 1.807) is 26.8 Å². The standard InChI is InChI=1S/C17H17FN4O2S.C12H9FN4S/c1-17(2,3)24-16(23)22-15-21-13-5-4-11(7-14(13)25-15)20-12-6-10(18)8-19-9-12;13-11-6-8(3-4-15-11)16-7-1-2-9-10(5-7)18-12(14)17-9/h4-9,20H,1-3H3,(H,21,22,23);1-6H,(H2,14,17)(H,15,16). The minimum absolute atomic E-state index is 0.410. The van der Waals surface area contributed by atoms with Crippen molar-refractivity contribution in [1.82, 2.24) is 19.9 Å². The van der Waals surface area contributed by atoms with Gasteiger partial charge in [-0.3, -0.25) is 10.3 Å². The SMILES string of the molecule is CC(C)(C)OC(=O)Nc1nc2ccc(Nc3cncc(F)c3)cc2s1.Nc1nc2ccc(Nc3ccnc(F)c3)cc2s1. The van der Waals surface area contributed by atoms with Crippen LogP contribution in [-0.2, 0) is 4.74 Å². The third-order valence-electron chi connectivity index (χ3n) is 5.41. The molecule has 0 aliphatic carbocycles. The molecule has 220 valence electrons. The summed E-state index contributed by atoms with van der Waals surface area (Å²) in [6.45, 7) is 5.39. The van der Waals surface area contributed by atoms with Gasteiger partial charge < -0.3 is 21.1 Å². The fourth-order valence-corrected chi connectivity index (χ4v) is 5.42. The first kappa shape index (κ1) is 29.5. The van der Waals surface area contributed by atoms with Crippen LogP contribution in [0.5, 0.6) is 0 Å². The largest absolute Gasteiger partial charge is 0.444 e. The molecule has 0 unspecified atom stereocenters. The van der Waals surface area contributed by atoms with E-state index < -0.39 is 23.5 Å². The molecule has 0 fully saturated rings. The maximum Gasteiger partial charge on any atom is 0.413 e. The number of hydrogen-bond acceptors (Lipinski definition) is 11. The molecule has 0 spiro atoms. The van der Waals surface area contributed by atoms with Crippen molar-refractivity contribution in [3.63, 3.8) is 0 Å². The number of pyridine rings is 2. The van der Waals surface area contributed by atoms with Crippen molar-refractivity contribution < 1.29 is 18.3 Å². The zero-order valence-electron chi connectivity index (χ0n) is 23.2. The monoisotopic (exact) mass is 620 g/mol. The van der Waals surface area contributed by atoms with Crippen LogP contribution in [0.25, 0.3) is 20.4 Å². The third kappa shape index (κ3) is 8.30. The second-order valence-corrected chi connectivity index (χ2v) is 12.2. The van der Waals surface area contributed by atoms with Crippen molar-refractivity contribution in [2.24, 2.45) is 0 Å². The van der Waals surface area contributed by atoms with Gasteiger partial charge in [0, 0.05) is 35.4 Å². The molecule has 0 aliphatic heterocycles. The van der Waals surface area contributed by atoms with Gasteiger partial charge in [0.1, 0.15) is 11.4 Å². The second-order valence-electron chi connectivity index (χ2n) is 10.1. The van der Waals surface area contributed by atoms with Crippen molar-refractivity contribution in [3.05, 3.63) is 85.0 Å². The van der Waals surface area contributed by atoms with Crippen LogP contribution >= 0.6 is 22.7 Å². The maximum atomic E-state index is 13.2. The third-order valence-corrected chi connectivity index (χ3v) is 7.19. The number of rotatable bonds is 5. The fourth-order valence-electron chi connectivity index (χ4n) is 3.76. The summed E-state index contributed by atoms with van der Waals surface area (Å²) in [4.78, 5) is 27.7. The number of ether oxygens (including phenoxy) is 1. The van der Waals surface area contributed by atoms with Gasteiger partial charge in [-0.25, -0.2) is 24.1 Å². The summed E-state index contributed by atoms with van der Waals surface area (Å²) in [5.74, 6) is -0.921. The highest BCUT2D eigenvalue weighted by molar-refractivity contribution is 7.22. The van der Waals surface area contributed by atoms with Gasteiger partial charge in [0.2, 0.25) is 5.95 Å². The van der Waals surface area contributed by atoms with Gasteiger partial charge in [-0.2, -0.15) is 4.39 Å². The van der Waals surface area contributed by atoms with E-state index >= 15 is 0 Å². The molecule has 6 rings (SSSR count). The number of fused-ring (bicyclic) bond motifs is 2. The smallest absolute Gasteiger partial charge is 0.413 e. The Morgan fingerprint density at radius 1 is 0.837 bits per heavy atom. The van der Waals surface area contributed by atoms with Gasteiger partial charge in [-0.1, -0.05) is 22.7 Å². The normalized spacial score (nSPS) is 11.1. The van der Waals surface area contributed by atoms with Gasteiger partial charge in [0.05, 0.1) is 38.5 Å². The fraction of sp³-hybridized carbons (Fsp3) is 0.138. The number of aromatic nitrogens is 4. The highest BCUT2D eigenvalue weighted by Gasteiger charge is 2.17. The summed E-state index contributed by atoms with van der Waals surface area (Å²) in [6, 6.07) is 15.6. The number of amides is 1. The number of nitrogens with two attached hydrogens (primary N) is 1. The number of benzene rings is 2. The zero-order chi connectivity index (χ0) is 30.6. The van der Waals surface area contributed by atoms with Crippen LogP contribution in [0.15, 0.2) is 73.2 Å². The van der Waals surface area contributed by atoms with Gasteiger partial charge in [0.15, 0.2) is 10.3 Å². The number of anilines is 6. The van der Waals surface area contributed by atoms with Crippen LogP contribution in [0.4, 0.5) is 46.6 Å². The van der Waals surface area contributed by atoms with E-state index in [2.05, 4.69) is 35.9 Å². The Bertz CT molecular complexity index is 1910. The maximum absolute atomic E-state index is 13.2. The van der Waals surface area contributed by atoms with Gasteiger partial charge in [-0.05, 0) is 63.2 Å². The molecule has 0 saturated carbocycles. The minimum Gasteiger partial charge on any atom is -0.444 e. The lowest BCUT2D eigenvalue weighted by Gasteiger charge is -2.18. The first-order valence-corrected chi connectivity index (χ1v) is 14.5. The molecule has 0 aliphatic rings. The Morgan fingerprint density at radius 2 is 1.49 bits per heavy atom. The molecule has 43 heavy (non-hydrogen) atoms. The average molecular weight is 621 g/mol. The summed E-state index contributed by atoms with van der Waals surface area (Å²) in [6.07, 6.45) is 3.55. The summed E-state index contributed by atoms with van der Waals surface area (Å²) in [5.41, 5.74) is 9.52. The van der Waals surface area contributed by atoms with Crippen molar-refractivity contribution in [2.75, 3.05) is 21.7 Å². The first-order valence-electron chi connectivity index (χ1n) is 12.8. The molecule has 0 atom stereocenters. The molecule has 5 N–H and O–H groups in total. The predicted octanol–water partition coefficient (Wildman–Crippen LogP) is 8.08. The lowest BCUT2D eigenvalue weighted by atomic mass is 10.2. The van der Waals surface area contributed by atoms with E-state index in [-0.39, 0.29) is 0 Å². The lowest BCUT2D eigenvalue weighted by molar-refractivity contribution is 0.0636. The molecule has 6 aromatic rings. The first-order chi connectivity index (χ1) is 20.5. The van der Waals surface area contributed by atoms with Crippen LogP contribution in [0.1, 0.15) is 20.8 Å². The van der Waals surface area contributed by atoms with Crippen LogP contribution in [-0.4, -0.2) is 31.6 Å². The average Bonchev–Trinajstić information content (AvgIpc) is 3.49. The molecule has 0 radical (unpaired) electrons.